The molecule has 200 valence electrons. The van der Waals surface area contributed by atoms with Gasteiger partial charge in [-0.1, -0.05) is 11.6 Å². The summed E-state index contributed by atoms with van der Waals surface area (Å²) in [5.41, 5.74) is 5.85. The van der Waals surface area contributed by atoms with Crippen LogP contribution in [0.4, 0.5) is 0 Å². The highest BCUT2D eigenvalue weighted by Gasteiger charge is 2.24. The van der Waals surface area contributed by atoms with Crippen LogP contribution in [0.15, 0.2) is 42.7 Å². The lowest BCUT2D eigenvalue weighted by Crippen LogP contribution is -2.23. The Kier molecular flexibility index (Phi) is 6.90. The summed E-state index contributed by atoms with van der Waals surface area (Å²) in [6, 6.07) is 9.21. The summed E-state index contributed by atoms with van der Waals surface area (Å²) in [6.07, 6.45) is 3.33. The van der Waals surface area contributed by atoms with Crippen LogP contribution in [0.2, 0.25) is 5.02 Å². The molecule has 8 nitrogen and oxygen atoms in total. The highest BCUT2D eigenvalue weighted by Crippen LogP contribution is 2.45. The Labute approximate surface area is 235 Å². The van der Waals surface area contributed by atoms with Crippen molar-refractivity contribution >= 4 is 39.1 Å². The van der Waals surface area contributed by atoms with Crippen LogP contribution in [0, 0.1) is 13.8 Å². The van der Waals surface area contributed by atoms with Gasteiger partial charge in [-0.15, -0.1) is 11.3 Å². The first-order valence-electron chi connectivity index (χ1n) is 12.4. The van der Waals surface area contributed by atoms with Crippen LogP contribution in [-0.2, 0) is 18.3 Å². The van der Waals surface area contributed by atoms with Crippen molar-refractivity contribution in [3.8, 4) is 39.0 Å². The Morgan fingerprint density at radius 1 is 1.13 bits per heavy atom. The van der Waals surface area contributed by atoms with Crippen molar-refractivity contribution in [2.75, 3.05) is 0 Å². The second-order valence-corrected chi connectivity index (χ2v) is 11.8. The van der Waals surface area contributed by atoms with Crippen LogP contribution >= 0.6 is 22.9 Å². The van der Waals surface area contributed by atoms with Gasteiger partial charge in [0.25, 0.3) is 0 Å². The number of carboxylic acids is 1. The van der Waals surface area contributed by atoms with E-state index in [1.807, 2.05) is 59.9 Å². The predicted molar refractivity (Wildman–Crippen MR) is 154 cm³/mol. The standard InChI is InChI=1S/C29H28ClN5O3S/c1-15-11-22-26(39-28(34-22)21-9-10-31-27(33-21)20-14-32-35(6)16(20)2)25(19(15)13-24(36)37)18-8-7-17(30)12-23(18)38-29(3,4)5/h7-12,14H,13H2,1-6H3,(H,36,37). The van der Waals surface area contributed by atoms with Crippen LogP contribution in [0.1, 0.15) is 37.6 Å². The van der Waals surface area contributed by atoms with Crippen LogP contribution in [-0.4, -0.2) is 41.4 Å². The van der Waals surface area contributed by atoms with Crippen molar-refractivity contribution in [2.45, 2.75) is 46.6 Å². The molecule has 5 aromatic rings. The van der Waals surface area contributed by atoms with Crippen LogP contribution in [0.3, 0.4) is 0 Å². The molecule has 0 bridgehead atoms. The van der Waals surface area contributed by atoms with Crippen LogP contribution in [0.25, 0.3) is 43.4 Å². The highest BCUT2D eigenvalue weighted by molar-refractivity contribution is 7.22. The maximum absolute atomic E-state index is 11.9. The molecule has 0 amide bonds. The molecule has 2 aromatic carbocycles. The number of thiazole rings is 1. The highest BCUT2D eigenvalue weighted by atomic mass is 35.5. The van der Waals surface area contributed by atoms with Gasteiger partial charge in [0.2, 0.25) is 0 Å². The van der Waals surface area contributed by atoms with E-state index in [-0.39, 0.29) is 6.42 Å². The van der Waals surface area contributed by atoms with Gasteiger partial charge < -0.3 is 9.84 Å². The summed E-state index contributed by atoms with van der Waals surface area (Å²) >= 11 is 7.83. The van der Waals surface area contributed by atoms with E-state index in [0.717, 1.165) is 38.2 Å². The Balaban J connectivity index is 1.74. The van der Waals surface area contributed by atoms with Gasteiger partial charge in [0, 0.05) is 35.1 Å². The summed E-state index contributed by atoms with van der Waals surface area (Å²) in [4.78, 5) is 26.1. The number of benzene rings is 2. The molecule has 0 aliphatic rings. The van der Waals surface area contributed by atoms with E-state index in [2.05, 4.69) is 10.1 Å². The predicted octanol–water partition coefficient (Wildman–Crippen LogP) is 6.90. The van der Waals surface area contributed by atoms with Gasteiger partial charge in [0.1, 0.15) is 22.1 Å². The maximum Gasteiger partial charge on any atom is 0.307 e. The molecule has 39 heavy (non-hydrogen) atoms. The Morgan fingerprint density at radius 2 is 1.90 bits per heavy atom. The third kappa shape index (κ3) is 5.37. The van der Waals surface area contributed by atoms with Crippen molar-refractivity contribution in [2.24, 2.45) is 7.05 Å². The first-order chi connectivity index (χ1) is 18.4. The lowest BCUT2D eigenvalue weighted by molar-refractivity contribution is -0.136. The zero-order chi connectivity index (χ0) is 28.1. The zero-order valence-electron chi connectivity index (χ0n) is 22.5. The Morgan fingerprint density at radius 3 is 2.56 bits per heavy atom. The average Bonchev–Trinajstić information content (AvgIpc) is 3.42. The van der Waals surface area contributed by atoms with Crippen molar-refractivity contribution in [1.29, 1.82) is 0 Å². The van der Waals surface area contributed by atoms with Gasteiger partial charge in [-0.2, -0.15) is 5.10 Å². The van der Waals surface area contributed by atoms with E-state index in [4.69, 9.17) is 26.3 Å². The normalized spacial score (nSPS) is 11.8. The number of halogens is 1. The van der Waals surface area contributed by atoms with Crippen molar-refractivity contribution < 1.29 is 14.6 Å². The SMILES string of the molecule is Cc1cc2nc(-c3ccnc(-c4cnn(C)c4C)n3)sc2c(-c2ccc(Cl)cc2OC(C)(C)C)c1CC(=O)O. The van der Waals surface area contributed by atoms with E-state index >= 15 is 0 Å². The first-order valence-corrected chi connectivity index (χ1v) is 13.6. The molecule has 0 unspecified atom stereocenters. The molecule has 0 aliphatic heterocycles. The van der Waals surface area contributed by atoms with Crippen LogP contribution in [0.5, 0.6) is 5.75 Å². The number of aryl methyl sites for hydroxylation is 2. The van der Waals surface area contributed by atoms with Gasteiger partial charge >= 0.3 is 5.97 Å². The molecular weight excluding hydrogens is 534 g/mol. The minimum Gasteiger partial charge on any atom is -0.487 e. The average molecular weight is 562 g/mol. The third-order valence-electron chi connectivity index (χ3n) is 6.32. The smallest absolute Gasteiger partial charge is 0.307 e. The Hall–Kier alpha value is -3.82. The summed E-state index contributed by atoms with van der Waals surface area (Å²) in [6.45, 7) is 9.77. The minimum atomic E-state index is -0.914. The minimum absolute atomic E-state index is 0.139. The second kappa shape index (κ2) is 10.1. The molecule has 0 saturated carbocycles. The molecule has 3 aromatic heterocycles. The molecule has 0 spiro atoms. The number of carbonyl (C=O) groups is 1. The first kappa shape index (κ1) is 26.8. The molecule has 0 saturated heterocycles. The van der Waals surface area contributed by atoms with Gasteiger partial charge in [-0.05, 0) is 76.1 Å². The fraction of sp³-hybridized carbons (Fsp3) is 0.276. The molecule has 10 heteroatoms. The fourth-order valence-electron chi connectivity index (χ4n) is 4.45. The number of hydrogen-bond donors (Lipinski definition) is 1. The summed E-state index contributed by atoms with van der Waals surface area (Å²) < 4.78 is 8.95. The number of nitrogens with zero attached hydrogens (tertiary/aromatic N) is 5. The molecule has 0 fully saturated rings. The summed E-state index contributed by atoms with van der Waals surface area (Å²) in [5.74, 6) is 0.238. The van der Waals surface area contributed by atoms with E-state index < -0.39 is 11.6 Å². The molecule has 5 rings (SSSR count). The van der Waals surface area contributed by atoms with E-state index in [1.165, 1.54) is 11.3 Å². The maximum atomic E-state index is 11.9. The van der Waals surface area contributed by atoms with Crippen molar-refractivity contribution in [3.05, 3.63) is 64.6 Å². The summed E-state index contributed by atoms with van der Waals surface area (Å²) in [5, 5.41) is 15.3. The van der Waals surface area contributed by atoms with Crippen LogP contribution < -0.4 is 4.74 Å². The number of rotatable bonds is 6. The molecule has 3 heterocycles. The zero-order valence-corrected chi connectivity index (χ0v) is 24.1. The molecule has 0 aliphatic carbocycles. The van der Waals surface area contributed by atoms with Gasteiger partial charge in [0.05, 0.1) is 28.4 Å². The molecule has 0 atom stereocenters. The van der Waals surface area contributed by atoms with E-state index in [1.54, 1.807) is 29.2 Å². The van der Waals surface area contributed by atoms with E-state index in [0.29, 0.717) is 32.9 Å². The second-order valence-electron chi connectivity index (χ2n) is 10.4. The third-order valence-corrected chi connectivity index (χ3v) is 7.67. The number of carboxylic acid groups (broad SMARTS) is 1. The number of fused-ring (bicyclic) bond motifs is 1. The van der Waals surface area contributed by atoms with Crippen molar-refractivity contribution in [1.82, 2.24) is 24.7 Å². The molecule has 0 radical (unpaired) electrons. The number of aliphatic carboxylic acids is 1. The number of hydrogen-bond acceptors (Lipinski definition) is 7. The lowest BCUT2D eigenvalue weighted by Gasteiger charge is -2.24. The number of aromatic nitrogens is 5. The fourth-order valence-corrected chi connectivity index (χ4v) is 5.71. The van der Waals surface area contributed by atoms with Gasteiger partial charge in [-0.25, -0.2) is 15.0 Å². The van der Waals surface area contributed by atoms with Crippen molar-refractivity contribution in [3.63, 3.8) is 0 Å². The Bertz CT molecular complexity index is 1740. The lowest BCUT2D eigenvalue weighted by atomic mass is 9.92. The monoisotopic (exact) mass is 561 g/mol. The largest absolute Gasteiger partial charge is 0.487 e. The quantitative estimate of drug-likeness (QED) is 0.240. The topological polar surface area (TPSA) is 103 Å². The molecular formula is C29H28ClN5O3S. The van der Waals surface area contributed by atoms with E-state index in [9.17, 15) is 9.90 Å². The molecule has 1 N–H and O–H groups in total. The van der Waals surface area contributed by atoms with Gasteiger partial charge in [-0.3, -0.25) is 9.48 Å². The van der Waals surface area contributed by atoms with Gasteiger partial charge in [0.15, 0.2) is 5.82 Å². The summed E-state index contributed by atoms with van der Waals surface area (Å²) in [7, 11) is 1.88. The number of ether oxygens (including phenoxy) is 1.